The molecule has 6 heteroatoms. The maximum Gasteiger partial charge on any atom is 0.230 e. The van der Waals surface area contributed by atoms with Crippen molar-refractivity contribution >= 4 is 17.5 Å². The molecule has 2 aliphatic heterocycles. The van der Waals surface area contributed by atoms with Crippen LogP contribution in [-0.4, -0.2) is 47.8 Å². The number of hydrogen-bond donors (Lipinski definition) is 1. The highest BCUT2D eigenvalue weighted by molar-refractivity contribution is 6.01. The lowest BCUT2D eigenvalue weighted by Crippen LogP contribution is -2.40. The maximum absolute atomic E-state index is 13.2. The van der Waals surface area contributed by atoms with Crippen molar-refractivity contribution in [3.05, 3.63) is 65.5 Å². The van der Waals surface area contributed by atoms with E-state index >= 15 is 0 Å². The van der Waals surface area contributed by atoms with Gasteiger partial charge >= 0.3 is 0 Å². The van der Waals surface area contributed by atoms with E-state index in [2.05, 4.69) is 10.2 Å². The van der Waals surface area contributed by atoms with Gasteiger partial charge in [0, 0.05) is 44.8 Å². The van der Waals surface area contributed by atoms with Crippen molar-refractivity contribution in [2.45, 2.75) is 25.3 Å². The third kappa shape index (κ3) is 4.07. The van der Waals surface area contributed by atoms with Gasteiger partial charge in [-0.25, -0.2) is 4.39 Å². The molecule has 146 valence electrons. The van der Waals surface area contributed by atoms with Crippen molar-refractivity contribution in [3.63, 3.8) is 0 Å². The molecule has 0 saturated carbocycles. The Labute approximate surface area is 164 Å². The predicted octanol–water partition coefficient (Wildman–Crippen LogP) is 2.99. The first-order valence-corrected chi connectivity index (χ1v) is 9.74. The van der Waals surface area contributed by atoms with Gasteiger partial charge in [-0.3, -0.25) is 14.5 Å². The number of benzene rings is 2. The van der Waals surface area contributed by atoms with E-state index in [0.29, 0.717) is 13.1 Å². The molecule has 1 N–H and O–H groups in total. The van der Waals surface area contributed by atoms with Gasteiger partial charge in [0.25, 0.3) is 0 Å². The Kier molecular flexibility index (Phi) is 5.39. The number of amides is 2. The maximum atomic E-state index is 13.2. The Morgan fingerprint density at radius 2 is 1.82 bits per heavy atom. The highest BCUT2D eigenvalue weighted by Gasteiger charge is 2.33. The van der Waals surface area contributed by atoms with E-state index in [0.717, 1.165) is 42.9 Å². The molecule has 1 fully saturated rings. The lowest BCUT2D eigenvalue weighted by molar-refractivity contribution is -0.134. The van der Waals surface area contributed by atoms with Crippen LogP contribution in [-0.2, 0) is 16.1 Å². The van der Waals surface area contributed by atoms with Crippen LogP contribution in [0, 0.1) is 5.82 Å². The molecule has 1 atom stereocenters. The largest absolute Gasteiger partial charge is 0.341 e. The molecule has 2 aromatic carbocycles. The summed E-state index contributed by atoms with van der Waals surface area (Å²) >= 11 is 0. The number of nitrogens with one attached hydrogen (secondary N) is 1. The summed E-state index contributed by atoms with van der Waals surface area (Å²) in [6.07, 6.45) is 1.08. The summed E-state index contributed by atoms with van der Waals surface area (Å²) in [6.45, 7) is 3.74. The zero-order valence-corrected chi connectivity index (χ0v) is 15.7. The number of fused-ring (bicyclic) bond motifs is 1. The average molecular weight is 381 g/mol. The van der Waals surface area contributed by atoms with Crippen molar-refractivity contribution in [3.8, 4) is 0 Å². The van der Waals surface area contributed by atoms with Crippen molar-refractivity contribution in [2.24, 2.45) is 0 Å². The summed E-state index contributed by atoms with van der Waals surface area (Å²) in [5.41, 5.74) is 2.71. The van der Waals surface area contributed by atoms with Crippen LogP contribution >= 0.6 is 0 Å². The fourth-order valence-corrected chi connectivity index (χ4v) is 4.05. The summed E-state index contributed by atoms with van der Waals surface area (Å²) in [6, 6.07) is 14.1. The smallest absolute Gasteiger partial charge is 0.230 e. The SMILES string of the molecule is O=C1CC(C(=O)N2CCCN(Cc3ccc(F)cc3)CC2)c2ccccc2N1. The minimum Gasteiger partial charge on any atom is -0.341 e. The molecule has 0 bridgehead atoms. The molecule has 1 unspecified atom stereocenters. The average Bonchev–Trinajstić information content (AvgIpc) is 2.94. The summed E-state index contributed by atoms with van der Waals surface area (Å²) in [5.74, 6) is -0.711. The standard InChI is InChI=1S/C22H24FN3O2/c23-17-8-6-16(7-9-17)15-25-10-3-11-26(13-12-25)22(28)19-14-21(27)24-20-5-2-1-4-18(19)20/h1-2,4-9,19H,3,10-15H2,(H,24,27). The van der Waals surface area contributed by atoms with E-state index in [4.69, 9.17) is 0 Å². The molecule has 0 radical (unpaired) electrons. The molecule has 28 heavy (non-hydrogen) atoms. The number of hydrogen-bond acceptors (Lipinski definition) is 3. The number of para-hydroxylation sites is 1. The van der Waals surface area contributed by atoms with Gasteiger partial charge in [0.2, 0.25) is 11.8 Å². The Hall–Kier alpha value is -2.73. The zero-order chi connectivity index (χ0) is 19.5. The number of halogens is 1. The number of anilines is 1. The monoisotopic (exact) mass is 381 g/mol. The van der Waals surface area contributed by atoms with Gasteiger partial charge in [-0.1, -0.05) is 30.3 Å². The minimum atomic E-state index is -0.409. The summed E-state index contributed by atoms with van der Waals surface area (Å²) in [5, 5.41) is 2.85. The molecule has 2 aromatic rings. The van der Waals surface area contributed by atoms with Gasteiger partial charge in [-0.15, -0.1) is 0 Å². The van der Waals surface area contributed by atoms with Crippen molar-refractivity contribution in [1.82, 2.24) is 9.80 Å². The van der Waals surface area contributed by atoms with Crippen LogP contribution in [0.15, 0.2) is 48.5 Å². The molecule has 2 heterocycles. The van der Waals surface area contributed by atoms with Crippen LogP contribution < -0.4 is 5.32 Å². The number of carbonyl (C=O) groups excluding carboxylic acids is 2. The molecule has 2 aliphatic rings. The topological polar surface area (TPSA) is 52.7 Å². The molecule has 4 rings (SSSR count). The van der Waals surface area contributed by atoms with Gasteiger partial charge in [0.05, 0.1) is 5.92 Å². The fraction of sp³-hybridized carbons (Fsp3) is 0.364. The Bertz CT molecular complexity index is 868. The second-order valence-corrected chi connectivity index (χ2v) is 7.47. The van der Waals surface area contributed by atoms with Crippen LogP contribution in [0.5, 0.6) is 0 Å². The summed E-state index contributed by atoms with van der Waals surface area (Å²) in [4.78, 5) is 29.4. The van der Waals surface area contributed by atoms with Gasteiger partial charge in [0.15, 0.2) is 0 Å². The van der Waals surface area contributed by atoms with Crippen LogP contribution in [0.3, 0.4) is 0 Å². The van der Waals surface area contributed by atoms with E-state index in [1.54, 1.807) is 12.1 Å². The fourth-order valence-electron chi connectivity index (χ4n) is 4.05. The number of carbonyl (C=O) groups is 2. The Morgan fingerprint density at radius 3 is 2.64 bits per heavy atom. The first-order chi connectivity index (χ1) is 13.6. The van der Waals surface area contributed by atoms with Gasteiger partial charge in [0.1, 0.15) is 5.82 Å². The zero-order valence-electron chi connectivity index (χ0n) is 15.7. The quantitative estimate of drug-likeness (QED) is 0.889. The third-order valence-electron chi connectivity index (χ3n) is 5.52. The van der Waals surface area contributed by atoms with E-state index in [1.165, 1.54) is 12.1 Å². The van der Waals surface area contributed by atoms with E-state index in [9.17, 15) is 14.0 Å². The van der Waals surface area contributed by atoms with Crippen molar-refractivity contribution in [2.75, 3.05) is 31.5 Å². The van der Waals surface area contributed by atoms with E-state index in [1.807, 2.05) is 29.2 Å². The van der Waals surface area contributed by atoms with Crippen LogP contribution in [0.4, 0.5) is 10.1 Å². The van der Waals surface area contributed by atoms with Crippen molar-refractivity contribution in [1.29, 1.82) is 0 Å². The van der Waals surface area contributed by atoms with E-state index in [-0.39, 0.29) is 24.1 Å². The van der Waals surface area contributed by atoms with Gasteiger partial charge in [-0.05, 0) is 35.7 Å². The molecular formula is C22H24FN3O2. The highest BCUT2D eigenvalue weighted by atomic mass is 19.1. The number of rotatable bonds is 3. The first kappa shape index (κ1) is 18.6. The van der Waals surface area contributed by atoms with Crippen LogP contribution in [0.2, 0.25) is 0 Å². The number of nitrogens with zero attached hydrogens (tertiary/aromatic N) is 2. The lowest BCUT2D eigenvalue weighted by atomic mass is 9.89. The van der Waals surface area contributed by atoms with Crippen LogP contribution in [0.1, 0.15) is 29.9 Å². The molecule has 0 aromatic heterocycles. The van der Waals surface area contributed by atoms with Crippen molar-refractivity contribution < 1.29 is 14.0 Å². The second kappa shape index (κ2) is 8.10. The second-order valence-electron chi connectivity index (χ2n) is 7.47. The summed E-state index contributed by atoms with van der Waals surface area (Å²) < 4.78 is 13.1. The van der Waals surface area contributed by atoms with Gasteiger partial charge < -0.3 is 10.2 Å². The molecule has 2 amide bonds. The van der Waals surface area contributed by atoms with Gasteiger partial charge in [-0.2, -0.15) is 0 Å². The summed E-state index contributed by atoms with van der Waals surface area (Å²) in [7, 11) is 0. The highest BCUT2D eigenvalue weighted by Crippen LogP contribution is 2.33. The lowest BCUT2D eigenvalue weighted by Gasteiger charge is -2.30. The molecule has 5 nitrogen and oxygen atoms in total. The molecule has 0 aliphatic carbocycles. The molecule has 0 spiro atoms. The Morgan fingerprint density at radius 1 is 1.04 bits per heavy atom. The molecular weight excluding hydrogens is 357 g/mol. The third-order valence-corrected chi connectivity index (χ3v) is 5.52. The normalized spacial score (nSPS) is 20.2. The van der Waals surface area contributed by atoms with E-state index < -0.39 is 5.92 Å². The first-order valence-electron chi connectivity index (χ1n) is 9.74. The molecule has 1 saturated heterocycles. The predicted molar refractivity (Wildman–Crippen MR) is 105 cm³/mol. The minimum absolute atomic E-state index is 0.0333. The Balaban J connectivity index is 1.42. The van der Waals surface area contributed by atoms with Crippen LogP contribution in [0.25, 0.3) is 0 Å².